The third-order valence-electron chi connectivity index (χ3n) is 4.51. The predicted molar refractivity (Wildman–Crippen MR) is 79.3 cm³/mol. The molecule has 0 amide bonds. The lowest BCUT2D eigenvalue weighted by Gasteiger charge is -2.41. The highest BCUT2D eigenvalue weighted by Crippen LogP contribution is 2.21. The molecule has 0 aromatic carbocycles. The molecule has 1 aliphatic rings. The second-order valence-electron chi connectivity index (χ2n) is 6.29. The molecule has 3 nitrogen and oxygen atoms in total. The van der Waals surface area contributed by atoms with Crippen molar-refractivity contribution in [2.24, 2.45) is 5.92 Å². The topological polar surface area (TPSA) is 28.4 Å². The molecule has 1 aromatic rings. The number of hydrogen-bond acceptors (Lipinski definition) is 3. The van der Waals surface area contributed by atoms with Crippen molar-refractivity contribution in [3.63, 3.8) is 0 Å². The van der Waals surface area contributed by atoms with Crippen molar-refractivity contribution in [2.75, 3.05) is 13.6 Å². The minimum absolute atomic E-state index is 0.549. The Bertz CT molecular complexity index is 363. The molecule has 0 spiro atoms. The van der Waals surface area contributed by atoms with E-state index in [4.69, 9.17) is 4.42 Å². The van der Waals surface area contributed by atoms with Crippen molar-refractivity contribution in [1.29, 1.82) is 0 Å². The van der Waals surface area contributed by atoms with Crippen LogP contribution in [0.25, 0.3) is 0 Å². The zero-order valence-electron chi connectivity index (χ0n) is 12.7. The molecular formula is C16H28N2O. The van der Waals surface area contributed by atoms with E-state index in [9.17, 15) is 0 Å². The second-order valence-corrected chi connectivity index (χ2v) is 6.29. The number of nitrogens with zero attached hydrogens (tertiary/aromatic N) is 1. The molecule has 1 saturated heterocycles. The summed E-state index contributed by atoms with van der Waals surface area (Å²) in [6.45, 7) is 8.18. The Hall–Kier alpha value is -0.800. The second kappa shape index (κ2) is 6.58. The van der Waals surface area contributed by atoms with Gasteiger partial charge in [-0.3, -0.25) is 0 Å². The van der Waals surface area contributed by atoms with E-state index in [1.54, 1.807) is 6.26 Å². The van der Waals surface area contributed by atoms with Gasteiger partial charge in [-0.15, -0.1) is 0 Å². The molecule has 4 unspecified atom stereocenters. The molecule has 1 N–H and O–H groups in total. The Morgan fingerprint density at radius 3 is 2.95 bits per heavy atom. The highest BCUT2D eigenvalue weighted by Gasteiger charge is 2.29. The van der Waals surface area contributed by atoms with Gasteiger partial charge in [0.2, 0.25) is 0 Å². The summed E-state index contributed by atoms with van der Waals surface area (Å²) in [4.78, 5) is 2.47. The Labute approximate surface area is 117 Å². The minimum Gasteiger partial charge on any atom is -0.469 e. The quantitative estimate of drug-likeness (QED) is 0.886. The van der Waals surface area contributed by atoms with Crippen molar-refractivity contribution in [3.8, 4) is 0 Å². The van der Waals surface area contributed by atoms with Crippen LogP contribution in [0.2, 0.25) is 0 Å². The molecule has 3 heteroatoms. The lowest BCUT2D eigenvalue weighted by atomic mass is 9.89. The maximum Gasteiger partial charge on any atom is 0.103 e. The van der Waals surface area contributed by atoms with E-state index in [1.807, 2.05) is 6.07 Å². The van der Waals surface area contributed by atoms with Gasteiger partial charge >= 0.3 is 0 Å². The van der Waals surface area contributed by atoms with E-state index in [-0.39, 0.29) is 0 Å². The number of likely N-dealkylation sites (tertiary alicyclic amines) is 1. The third-order valence-corrected chi connectivity index (χ3v) is 4.51. The SMILES string of the molecule is CC(CCc1ccco1)NC1CC(C)N(C)CC1C. The zero-order valence-corrected chi connectivity index (χ0v) is 12.7. The predicted octanol–water partition coefficient (Wildman–Crippen LogP) is 2.92. The first kappa shape index (κ1) is 14.6. The Morgan fingerprint density at radius 1 is 1.47 bits per heavy atom. The number of rotatable bonds is 5. The van der Waals surface area contributed by atoms with Crippen molar-refractivity contribution in [1.82, 2.24) is 10.2 Å². The monoisotopic (exact) mass is 264 g/mol. The number of furan rings is 1. The molecule has 0 bridgehead atoms. The van der Waals surface area contributed by atoms with Gasteiger partial charge in [0.1, 0.15) is 5.76 Å². The normalized spacial score (nSPS) is 30.4. The van der Waals surface area contributed by atoms with E-state index in [0.29, 0.717) is 18.1 Å². The zero-order chi connectivity index (χ0) is 13.8. The maximum absolute atomic E-state index is 5.39. The first-order valence-electron chi connectivity index (χ1n) is 7.55. The number of hydrogen-bond donors (Lipinski definition) is 1. The van der Waals surface area contributed by atoms with Crippen LogP contribution < -0.4 is 5.32 Å². The van der Waals surface area contributed by atoms with Gasteiger partial charge in [0.25, 0.3) is 0 Å². The molecule has 2 rings (SSSR count). The number of nitrogens with one attached hydrogen (secondary N) is 1. The molecule has 1 aliphatic heterocycles. The van der Waals surface area contributed by atoms with Crippen LogP contribution in [-0.2, 0) is 6.42 Å². The van der Waals surface area contributed by atoms with Gasteiger partial charge in [-0.05, 0) is 51.8 Å². The summed E-state index contributed by atoms with van der Waals surface area (Å²) in [7, 11) is 2.23. The molecule has 0 saturated carbocycles. The molecule has 2 heterocycles. The highest BCUT2D eigenvalue weighted by atomic mass is 16.3. The molecule has 0 radical (unpaired) electrons. The standard InChI is InChI=1S/C16H28N2O/c1-12-11-18(4)14(3)10-16(12)17-13(2)7-8-15-6-5-9-19-15/h5-6,9,12-14,16-17H,7-8,10-11H2,1-4H3. The van der Waals surface area contributed by atoms with Gasteiger partial charge < -0.3 is 14.6 Å². The van der Waals surface area contributed by atoms with Crippen LogP contribution >= 0.6 is 0 Å². The first-order valence-corrected chi connectivity index (χ1v) is 7.55. The van der Waals surface area contributed by atoms with Crippen LogP contribution in [0.4, 0.5) is 0 Å². The van der Waals surface area contributed by atoms with Crippen LogP contribution in [0.3, 0.4) is 0 Å². The van der Waals surface area contributed by atoms with Gasteiger partial charge in [-0.25, -0.2) is 0 Å². The molecule has 4 atom stereocenters. The lowest BCUT2D eigenvalue weighted by molar-refractivity contribution is 0.116. The van der Waals surface area contributed by atoms with Gasteiger partial charge in [0.05, 0.1) is 6.26 Å². The van der Waals surface area contributed by atoms with Gasteiger partial charge in [-0.1, -0.05) is 6.92 Å². The van der Waals surface area contributed by atoms with E-state index in [0.717, 1.165) is 24.5 Å². The van der Waals surface area contributed by atoms with Crippen LogP contribution in [0, 0.1) is 5.92 Å². The molecule has 1 fully saturated rings. The van der Waals surface area contributed by atoms with Crippen molar-refractivity contribution < 1.29 is 4.42 Å². The van der Waals surface area contributed by atoms with E-state index in [2.05, 4.69) is 44.1 Å². The number of piperidine rings is 1. The minimum atomic E-state index is 0.549. The Morgan fingerprint density at radius 2 is 2.26 bits per heavy atom. The molecule has 0 aliphatic carbocycles. The molecule has 108 valence electrons. The molecule has 19 heavy (non-hydrogen) atoms. The third kappa shape index (κ3) is 4.08. The van der Waals surface area contributed by atoms with Crippen molar-refractivity contribution in [2.45, 2.75) is 58.2 Å². The Balaban J connectivity index is 1.76. The van der Waals surface area contributed by atoms with E-state index >= 15 is 0 Å². The van der Waals surface area contributed by atoms with Gasteiger partial charge in [0.15, 0.2) is 0 Å². The van der Waals surface area contributed by atoms with Crippen molar-refractivity contribution in [3.05, 3.63) is 24.2 Å². The lowest BCUT2D eigenvalue weighted by Crippen LogP contribution is -2.52. The first-order chi connectivity index (χ1) is 9.06. The highest BCUT2D eigenvalue weighted by molar-refractivity contribution is 4.98. The van der Waals surface area contributed by atoms with E-state index < -0.39 is 0 Å². The molecule has 1 aromatic heterocycles. The van der Waals surface area contributed by atoms with Gasteiger partial charge in [-0.2, -0.15) is 0 Å². The van der Waals surface area contributed by atoms with Crippen LogP contribution in [0.5, 0.6) is 0 Å². The average molecular weight is 264 g/mol. The van der Waals surface area contributed by atoms with Crippen LogP contribution in [0.1, 0.15) is 39.4 Å². The fourth-order valence-corrected chi connectivity index (χ4v) is 3.04. The summed E-state index contributed by atoms with van der Waals surface area (Å²) in [6, 6.07) is 5.91. The van der Waals surface area contributed by atoms with Crippen LogP contribution in [0.15, 0.2) is 22.8 Å². The van der Waals surface area contributed by atoms with Crippen molar-refractivity contribution >= 4 is 0 Å². The fraction of sp³-hybridized carbons (Fsp3) is 0.750. The maximum atomic E-state index is 5.39. The Kier molecular flexibility index (Phi) is 5.06. The van der Waals surface area contributed by atoms with Crippen LogP contribution in [-0.4, -0.2) is 36.6 Å². The van der Waals surface area contributed by atoms with Gasteiger partial charge in [0, 0.05) is 31.1 Å². The molecular weight excluding hydrogens is 236 g/mol. The number of aryl methyl sites for hydroxylation is 1. The largest absolute Gasteiger partial charge is 0.469 e. The summed E-state index contributed by atoms with van der Waals surface area (Å²) in [6.07, 6.45) is 5.18. The summed E-state index contributed by atoms with van der Waals surface area (Å²) in [5.41, 5.74) is 0. The smallest absolute Gasteiger partial charge is 0.103 e. The average Bonchev–Trinajstić information content (AvgIpc) is 2.86. The van der Waals surface area contributed by atoms with E-state index in [1.165, 1.54) is 13.0 Å². The summed E-state index contributed by atoms with van der Waals surface area (Å²) >= 11 is 0. The summed E-state index contributed by atoms with van der Waals surface area (Å²) in [5.74, 6) is 1.82. The summed E-state index contributed by atoms with van der Waals surface area (Å²) in [5, 5.41) is 3.81. The summed E-state index contributed by atoms with van der Waals surface area (Å²) < 4.78 is 5.39. The fourth-order valence-electron chi connectivity index (χ4n) is 3.04.